The molecular formula is C13H23N3O2S. The van der Waals surface area contributed by atoms with Crippen LogP contribution in [0.1, 0.15) is 46.9 Å². The van der Waals surface area contributed by atoms with Crippen molar-refractivity contribution in [3.05, 3.63) is 5.82 Å². The molecule has 0 bridgehead atoms. The van der Waals surface area contributed by atoms with Crippen molar-refractivity contribution in [1.82, 2.24) is 9.36 Å². The maximum absolute atomic E-state index is 11.1. The van der Waals surface area contributed by atoms with Crippen LogP contribution < -0.4 is 5.32 Å². The molecule has 0 aliphatic carbocycles. The fourth-order valence-corrected chi connectivity index (χ4v) is 2.41. The van der Waals surface area contributed by atoms with Crippen molar-refractivity contribution in [2.75, 3.05) is 11.9 Å². The van der Waals surface area contributed by atoms with E-state index in [9.17, 15) is 4.79 Å². The quantitative estimate of drug-likeness (QED) is 0.840. The van der Waals surface area contributed by atoms with E-state index < -0.39 is 5.97 Å². The zero-order chi connectivity index (χ0) is 14.6. The van der Waals surface area contributed by atoms with Gasteiger partial charge >= 0.3 is 5.97 Å². The number of anilines is 1. The van der Waals surface area contributed by atoms with Crippen molar-refractivity contribution < 1.29 is 9.90 Å². The second-order valence-corrected chi connectivity index (χ2v) is 6.97. The molecule has 0 aliphatic rings. The molecule has 1 rings (SSSR count). The van der Waals surface area contributed by atoms with E-state index in [4.69, 9.17) is 5.11 Å². The number of carboxylic acids is 1. The lowest BCUT2D eigenvalue weighted by atomic mass is 9.96. The van der Waals surface area contributed by atoms with Crippen LogP contribution in [0.25, 0.3) is 0 Å². The highest BCUT2D eigenvalue weighted by Gasteiger charge is 2.22. The molecule has 0 radical (unpaired) electrons. The molecule has 1 heterocycles. The summed E-state index contributed by atoms with van der Waals surface area (Å²) < 4.78 is 4.29. The lowest BCUT2D eigenvalue weighted by Gasteiger charge is -2.15. The maximum Gasteiger partial charge on any atom is 0.308 e. The van der Waals surface area contributed by atoms with Gasteiger partial charge in [0.2, 0.25) is 5.13 Å². The first-order valence-electron chi connectivity index (χ1n) is 6.51. The van der Waals surface area contributed by atoms with Crippen molar-refractivity contribution in [2.24, 2.45) is 11.8 Å². The molecule has 0 amide bonds. The number of carboxylic acid groups (broad SMARTS) is 1. The van der Waals surface area contributed by atoms with Crippen LogP contribution in [0.2, 0.25) is 0 Å². The largest absolute Gasteiger partial charge is 0.481 e. The highest BCUT2D eigenvalue weighted by molar-refractivity contribution is 7.09. The molecule has 5 nitrogen and oxygen atoms in total. The smallest absolute Gasteiger partial charge is 0.308 e. The molecular weight excluding hydrogens is 262 g/mol. The molecule has 19 heavy (non-hydrogen) atoms. The Labute approximate surface area is 118 Å². The Bertz CT molecular complexity index is 424. The second-order valence-electron chi connectivity index (χ2n) is 6.22. The number of aromatic nitrogens is 2. The number of hydrogen-bond donors (Lipinski definition) is 2. The zero-order valence-corrected chi connectivity index (χ0v) is 13.0. The minimum atomic E-state index is -0.762. The fourth-order valence-electron chi connectivity index (χ4n) is 1.65. The molecule has 0 aromatic carbocycles. The molecule has 1 aromatic rings. The van der Waals surface area contributed by atoms with Gasteiger partial charge in [-0.15, -0.1) is 0 Å². The predicted octanol–water partition coefficient (Wildman–Crippen LogP) is 2.99. The van der Waals surface area contributed by atoms with E-state index in [1.807, 2.05) is 13.8 Å². The van der Waals surface area contributed by atoms with Gasteiger partial charge in [-0.05, 0) is 12.3 Å². The molecule has 0 spiro atoms. The SMILES string of the molecule is CC(C)CC(CNc1nc(C(C)(C)C)ns1)C(=O)O. The van der Waals surface area contributed by atoms with Crippen LogP contribution in [0.15, 0.2) is 0 Å². The predicted molar refractivity (Wildman–Crippen MR) is 77.7 cm³/mol. The molecule has 0 fully saturated rings. The van der Waals surface area contributed by atoms with E-state index in [2.05, 4.69) is 35.4 Å². The Morgan fingerprint density at radius 1 is 1.42 bits per heavy atom. The number of nitrogens with one attached hydrogen (secondary N) is 1. The van der Waals surface area contributed by atoms with Gasteiger partial charge in [-0.25, -0.2) is 4.98 Å². The van der Waals surface area contributed by atoms with E-state index in [0.29, 0.717) is 24.0 Å². The normalized spacial score (nSPS) is 13.6. The van der Waals surface area contributed by atoms with Crippen molar-refractivity contribution in [3.8, 4) is 0 Å². The van der Waals surface area contributed by atoms with Crippen LogP contribution in [0, 0.1) is 11.8 Å². The molecule has 0 saturated carbocycles. The van der Waals surface area contributed by atoms with Gasteiger partial charge in [-0.3, -0.25) is 4.79 Å². The first kappa shape index (κ1) is 15.9. The first-order valence-corrected chi connectivity index (χ1v) is 7.28. The third kappa shape index (κ3) is 5.14. The van der Waals surface area contributed by atoms with Crippen LogP contribution in [0.4, 0.5) is 5.13 Å². The Kier molecular flexibility index (Phi) is 5.29. The van der Waals surface area contributed by atoms with Gasteiger partial charge in [-0.1, -0.05) is 34.6 Å². The summed E-state index contributed by atoms with van der Waals surface area (Å²) in [5.41, 5.74) is -0.0828. The maximum atomic E-state index is 11.1. The third-order valence-electron chi connectivity index (χ3n) is 2.70. The van der Waals surface area contributed by atoms with Gasteiger partial charge < -0.3 is 10.4 Å². The molecule has 1 aromatic heterocycles. The summed E-state index contributed by atoms with van der Waals surface area (Å²) in [6.45, 7) is 10.6. The van der Waals surface area contributed by atoms with Gasteiger partial charge in [0.25, 0.3) is 0 Å². The Morgan fingerprint density at radius 3 is 2.47 bits per heavy atom. The van der Waals surface area contributed by atoms with Crippen LogP contribution in [-0.4, -0.2) is 27.0 Å². The van der Waals surface area contributed by atoms with Gasteiger partial charge in [0.05, 0.1) is 5.92 Å². The monoisotopic (exact) mass is 285 g/mol. The summed E-state index contributed by atoms with van der Waals surface area (Å²) in [6.07, 6.45) is 0.660. The average Bonchev–Trinajstić information content (AvgIpc) is 2.71. The van der Waals surface area contributed by atoms with E-state index in [-0.39, 0.29) is 11.3 Å². The molecule has 1 unspecified atom stereocenters. The van der Waals surface area contributed by atoms with Crippen LogP contribution in [0.3, 0.4) is 0 Å². The Morgan fingerprint density at radius 2 is 2.05 bits per heavy atom. The minimum absolute atomic E-state index is 0.0828. The van der Waals surface area contributed by atoms with Crippen molar-refractivity contribution in [3.63, 3.8) is 0 Å². The first-order chi connectivity index (χ1) is 8.70. The van der Waals surface area contributed by atoms with Crippen LogP contribution >= 0.6 is 11.5 Å². The Balaban J connectivity index is 2.60. The van der Waals surface area contributed by atoms with E-state index in [0.717, 1.165) is 5.82 Å². The average molecular weight is 285 g/mol. The van der Waals surface area contributed by atoms with E-state index in [1.165, 1.54) is 11.5 Å². The number of carbonyl (C=O) groups is 1. The molecule has 2 N–H and O–H groups in total. The summed E-state index contributed by atoms with van der Waals surface area (Å²) in [7, 11) is 0. The lowest BCUT2D eigenvalue weighted by Crippen LogP contribution is -2.24. The standard InChI is InChI=1S/C13H23N3O2S/c1-8(2)6-9(10(17)18)7-14-12-15-11(16-19-12)13(3,4)5/h8-9H,6-7H2,1-5H3,(H,17,18)(H,14,15,16). The molecule has 0 aliphatic heterocycles. The van der Waals surface area contributed by atoms with Crippen LogP contribution in [-0.2, 0) is 10.2 Å². The van der Waals surface area contributed by atoms with Crippen LogP contribution in [0.5, 0.6) is 0 Å². The molecule has 108 valence electrons. The van der Waals surface area contributed by atoms with Gasteiger partial charge in [0.1, 0.15) is 5.82 Å². The molecule has 0 saturated heterocycles. The number of nitrogens with zero attached hydrogens (tertiary/aromatic N) is 2. The number of hydrogen-bond acceptors (Lipinski definition) is 5. The van der Waals surface area contributed by atoms with Gasteiger partial charge in [0, 0.05) is 23.5 Å². The lowest BCUT2D eigenvalue weighted by molar-refractivity contribution is -0.141. The van der Waals surface area contributed by atoms with Crippen molar-refractivity contribution in [2.45, 2.75) is 46.5 Å². The van der Waals surface area contributed by atoms with Crippen molar-refractivity contribution in [1.29, 1.82) is 0 Å². The number of rotatable bonds is 6. The number of aliphatic carboxylic acids is 1. The zero-order valence-electron chi connectivity index (χ0n) is 12.2. The Hall–Kier alpha value is -1.17. The van der Waals surface area contributed by atoms with Gasteiger partial charge in [0.15, 0.2) is 0 Å². The van der Waals surface area contributed by atoms with Crippen molar-refractivity contribution >= 4 is 22.6 Å². The third-order valence-corrected chi connectivity index (χ3v) is 3.37. The summed E-state index contributed by atoms with van der Waals surface area (Å²) >= 11 is 1.28. The summed E-state index contributed by atoms with van der Waals surface area (Å²) in [5, 5.41) is 12.9. The van der Waals surface area contributed by atoms with Gasteiger partial charge in [-0.2, -0.15) is 4.37 Å². The second kappa shape index (κ2) is 6.32. The minimum Gasteiger partial charge on any atom is -0.481 e. The molecule has 1 atom stereocenters. The molecule has 6 heteroatoms. The summed E-state index contributed by atoms with van der Waals surface area (Å²) in [4.78, 5) is 15.5. The fraction of sp³-hybridized carbons (Fsp3) is 0.769. The highest BCUT2D eigenvalue weighted by atomic mass is 32.1. The summed E-state index contributed by atoms with van der Waals surface area (Å²) in [5.74, 6) is 0.00179. The van der Waals surface area contributed by atoms with E-state index >= 15 is 0 Å². The summed E-state index contributed by atoms with van der Waals surface area (Å²) in [6, 6.07) is 0. The topological polar surface area (TPSA) is 75.1 Å². The van der Waals surface area contributed by atoms with E-state index in [1.54, 1.807) is 0 Å². The highest BCUT2D eigenvalue weighted by Crippen LogP contribution is 2.23.